The molecule has 5 atom stereocenters. The fourth-order valence-corrected chi connectivity index (χ4v) is 3.21. The van der Waals surface area contributed by atoms with Crippen LogP contribution < -0.4 is 4.90 Å². The van der Waals surface area contributed by atoms with Gasteiger partial charge in [0.25, 0.3) is 0 Å². The third-order valence-corrected chi connectivity index (χ3v) is 5.04. The molecule has 3 N–H and O–H groups in total. The van der Waals surface area contributed by atoms with Crippen LogP contribution in [0.5, 0.6) is 0 Å². The van der Waals surface area contributed by atoms with Gasteiger partial charge in [0.2, 0.25) is 0 Å². The van der Waals surface area contributed by atoms with E-state index in [0.717, 1.165) is 17.0 Å². The summed E-state index contributed by atoms with van der Waals surface area (Å²) in [5.74, 6) is 0.706. The fraction of sp³-hybridized carbons (Fsp3) is 0.500. The van der Waals surface area contributed by atoms with E-state index in [1.54, 1.807) is 31.6 Å². The highest BCUT2D eigenvalue weighted by atomic mass is 16.6. The van der Waals surface area contributed by atoms with Gasteiger partial charge < -0.3 is 25.0 Å². The number of aliphatic hydroxyl groups is 3. The molecule has 30 heavy (non-hydrogen) atoms. The summed E-state index contributed by atoms with van der Waals surface area (Å²) in [7, 11) is 3.70. The van der Waals surface area contributed by atoms with Crippen LogP contribution in [0, 0.1) is 13.8 Å². The average Bonchev–Trinajstić information content (AvgIpc) is 2.98. The number of aryl methyl sites for hydroxylation is 2. The molecule has 0 aliphatic carbocycles. The molecule has 164 valence electrons. The molecule has 0 spiro atoms. The first kappa shape index (κ1) is 23.9. The minimum atomic E-state index is -1.10. The number of nitrogens with zero attached hydrogens (tertiary/aromatic N) is 4. The van der Waals surface area contributed by atoms with E-state index in [2.05, 4.69) is 15.0 Å². The zero-order valence-corrected chi connectivity index (χ0v) is 18.4. The van der Waals surface area contributed by atoms with Crippen molar-refractivity contribution >= 4 is 11.9 Å². The van der Waals surface area contributed by atoms with Gasteiger partial charge in [0, 0.05) is 37.2 Å². The number of aliphatic hydroxyl groups excluding tert-OH is 3. The highest BCUT2D eigenvalue weighted by molar-refractivity contribution is 5.53. The van der Waals surface area contributed by atoms with Crippen LogP contribution in [-0.2, 0) is 4.74 Å². The predicted molar refractivity (Wildman–Crippen MR) is 116 cm³/mol. The van der Waals surface area contributed by atoms with Gasteiger partial charge in [-0.1, -0.05) is 12.2 Å². The van der Waals surface area contributed by atoms with Crippen molar-refractivity contribution < 1.29 is 20.1 Å². The van der Waals surface area contributed by atoms with Crippen LogP contribution in [0.25, 0.3) is 6.08 Å². The lowest BCUT2D eigenvalue weighted by Crippen LogP contribution is -2.35. The van der Waals surface area contributed by atoms with E-state index in [1.807, 2.05) is 51.9 Å². The molecule has 8 nitrogen and oxygen atoms in total. The summed E-state index contributed by atoms with van der Waals surface area (Å²) in [5, 5.41) is 29.8. The van der Waals surface area contributed by atoms with Crippen LogP contribution in [0.3, 0.4) is 0 Å². The van der Waals surface area contributed by atoms with E-state index in [4.69, 9.17) is 4.74 Å². The lowest BCUT2D eigenvalue weighted by Gasteiger charge is -2.22. The van der Waals surface area contributed by atoms with E-state index in [1.165, 1.54) is 0 Å². The number of rotatable bonds is 4. The molecule has 1 saturated heterocycles. The fourth-order valence-electron chi connectivity index (χ4n) is 3.21. The van der Waals surface area contributed by atoms with E-state index in [-0.39, 0.29) is 0 Å². The van der Waals surface area contributed by atoms with Gasteiger partial charge in [-0.15, -0.1) is 0 Å². The molecular formula is C22H32N4O4. The van der Waals surface area contributed by atoms with Gasteiger partial charge in [-0.3, -0.25) is 0 Å². The summed E-state index contributed by atoms with van der Waals surface area (Å²) in [6, 6.07) is 3.40. The molecule has 2 aromatic heterocycles. The Morgan fingerprint density at radius 2 is 1.73 bits per heavy atom. The summed E-state index contributed by atoms with van der Waals surface area (Å²) >= 11 is 0. The largest absolute Gasteiger partial charge is 0.388 e. The molecule has 0 aromatic carbocycles. The minimum Gasteiger partial charge on any atom is -0.388 e. The molecule has 3 heterocycles. The molecule has 1 aliphatic heterocycles. The number of hydrogen-bond donors (Lipinski definition) is 3. The first-order chi connectivity index (χ1) is 14.2. The Kier molecular flexibility index (Phi) is 8.43. The lowest BCUT2D eigenvalue weighted by molar-refractivity contribution is -0.0635. The average molecular weight is 417 g/mol. The summed E-state index contributed by atoms with van der Waals surface area (Å²) in [6.07, 6.45) is 2.81. The molecule has 5 unspecified atom stereocenters. The maximum Gasteiger partial charge on any atom is 0.128 e. The Morgan fingerprint density at radius 3 is 2.23 bits per heavy atom. The van der Waals surface area contributed by atoms with Crippen molar-refractivity contribution in [1.82, 2.24) is 15.0 Å². The van der Waals surface area contributed by atoms with Crippen LogP contribution >= 0.6 is 0 Å². The Bertz CT molecular complexity index is 839. The van der Waals surface area contributed by atoms with Crippen molar-refractivity contribution in [1.29, 1.82) is 0 Å². The van der Waals surface area contributed by atoms with Crippen LogP contribution in [-0.4, -0.2) is 68.8 Å². The molecule has 0 amide bonds. The number of hydrogen-bond acceptors (Lipinski definition) is 8. The molecule has 0 radical (unpaired) electrons. The maximum atomic E-state index is 10.3. The maximum absolute atomic E-state index is 10.3. The third-order valence-electron chi connectivity index (χ3n) is 5.04. The van der Waals surface area contributed by atoms with Crippen molar-refractivity contribution in [3.05, 3.63) is 53.2 Å². The molecule has 1 fully saturated rings. The van der Waals surface area contributed by atoms with Crippen LogP contribution in [0.4, 0.5) is 5.82 Å². The molecular weight excluding hydrogens is 384 g/mol. The highest BCUT2D eigenvalue weighted by Gasteiger charge is 2.44. The zero-order chi connectivity index (χ0) is 22.4. The second kappa shape index (κ2) is 10.6. The van der Waals surface area contributed by atoms with Gasteiger partial charge in [-0.05, 0) is 45.4 Å². The molecule has 0 saturated carbocycles. The Balaban J connectivity index is 0.000000248. The zero-order valence-electron chi connectivity index (χ0n) is 18.4. The summed E-state index contributed by atoms with van der Waals surface area (Å²) < 4.78 is 5.42. The lowest BCUT2D eigenvalue weighted by atomic mass is 9.99. The second-order valence-corrected chi connectivity index (χ2v) is 7.53. The standard InChI is InChI=1S/C13H20N2O4.C9H12N2/c1-7-10(16)12(18)13(19-7)11(17)8-4-5-14-9(6-8)15(2)3;1-4-5-9-7(2)10-6-11-8(9)3/h4-7,10-13,16-18H,1-3H3;4-6H,1-3H3/b;5-4-. The molecule has 2 aromatic rings. The number of anilines is 1. The number of ether oxygens (including phenoxy) is 1. The summed E-state index contributed by atoms with van der Waals surface area (Å²) in [4.78, 5) is 14.2. The van der Waals surface area contributed by atoms with Crippen LogP contribution in [0.2, 0.25) is 0 Å². The van der Waals surface area contributed by atoms with Crippen molar-refractivity contribution in [2.24, 2.45) is 0 Å². The van der Waals surface area contributed by atoms with Crippen molar-refractivity contribution in [3.8, 4) is 0 Å². The third kappa shape index (κ3) is 5.60. The van der Waals surface area contributed by atoms with Crippen LogP contribution in [0.15, 0.2) is 30.7 Å². The van der Waals surface area contributed by atoms with Crippen molar-refractivity contribution in [2.75, 3.05) is 19.0 Å². The Labute approximate surface area is 177 Å². The minimum absolute atomic E-state index is 0.496. The van der Waals surface area contributed by atoms with E-state index in [0.29, 0.717) is 11.4 Å². The predicted octanol–water partition coefficient (Wildman–Crippen LogP) is 1.82. The second-order valence-electron chi connectivity index (χ2n) is 7.53. The molecule has 1 aliphatic rings. The van der Waals surface area contributed by atoms with E-state index >= 15 is 0 Å². The van der Waals surface area contributed by atoms with Gasteiger partial charge in [-0.25, -0.2) is 15.0 Å². The SMILES string of the molecule is C/C=C\c1c(C)ncnc1C.CC1OC(C(O)c2ccnc(N(C)C)c2)C(O)C1O. The van der Waals surface area contributed by atoms with E-state index in [9.17, 15) is 15.3 Å². The first-order valence-corrected chi connectivity index (χ1v) is 9.91. The molecule has 3 rings (SSSR count). The number of aromatic nitrogens is 3. The van der Waals surface area contributed by atoms with Gasteiger partial charge in [0.15, 0.2) is 0 Å². The van der Waals surface area contributed by atoms with Gasteiger partial charge in [0.05, 0.1) is 6.10 Å². The van der Waals surface area contributed by atoms with Crippen LogP contribution in [0.1, 0.15) is 42.5 Å². The normalized spacial score (nSPS) is 24.4. The van der Waals surface area contributed by atoms with Crippen molar-refractivity contribution in [2.45, 2.75) is 58.2 Å². The summed E-state index contributed by atoms with van der Waals surface area (Å²) in [6.45, 7) is 7.64. The Morgan fingerprint density at radius 1 is 1.10 bits per heavy atom. The first-order valence-electron chi connectivity index (χ1n) is 9.91. The highest BCUT2D eigenvalue weighted by Crippen LogP contribution is 2.31. The summed E-state index contributed by atoms with van der Waals surface area (Å²) in [5.41, 5.74) is 3.81. The monoisotopic (exact) mass is 416 g/mol. The van der Waals surface area contributed by atoms with E-state index < -0.39 is 30.5 Å². The number of allylic oxidation sites excluding steroid dienone is 1. The quantitative estimate of drug-likeness (QED) is 0.692. The van der Waals surface area contributed by atoms with Crippen molar-refractivity contribution in [3.63, 3.8) is 0 Å². The topological polar surface area (TPSA) is 112 Å². The smallest absolute Gasteiger partial charge is 0.128 e. The number of pyridine rings is 1. The van der Waals surface area contributed by atoms with Gasteiger partial charge in [0.1, 0.15) is 36.6 Å². The van der Waals surface area contributed by atoms with Gasteiger partial charge >= 0.3 is 0 Å². The Hall–Kier alpha value is -2.39. The molecule has 0 bridgehead atoms. The van der Waals surface area contributed by atoms with Gasteiger partial charge in [-0.2, -0.15) is 0 Å². The molecule has 8 heteroatoms.